The van der Waals surface area contributed by atoms with Crippen LogP contribution in [-0.2, 0) is 6.42 Å². The summed E-state index contributed by atoms with van der Waals surface area (Å²) in [6.07, 6.45) is 0.936. The van der Waals surface area contributed by atoms with Gasteiger partial charge in [0.2, 0.25) is 0 Å². The molecule has 0 saturated carbocycles. The van der Waals surface area contributed by atoms with Crippen molar-refractivity contribution >= 4 is 17.3 Å². The highest BCUT2D eigenvalue weighted by molar-refractivity contribution is 7.12. The molecular formula is C14H11NO2S. The Morgan fingerprint density at radius 3 is 2.67 bits per heavy atom. The molecular weight excluding hydrogens is 246 g/mol. The predicted octanol–water partition coefficient (Wildman–Crippen LogP) is 3.40. The van der Waals surface area contributed by atoms with Crippen molar-refractivity contribution < 1.29 is 9.53 Å². The van der Waals surface area contributed by atoms with Crippen LogP contribution < -0.4 is 4.74 Å². The average Bonchev–Trinajstić information content (AvgIpc) is 2.86. The van der Waals surface area contributed by atoms with Gasteiger partial charge >= 0.3 is 5.97 Å². The standard InChI is InChI=1S/C14H11NO2S/c1-2-10-3-5-12(6-4-10)14(16)17-13-7-11(8-15)9-18-13/h3-7,9H,2H2,1H3. The molecule has 0 aliphatic carbocycles. The second-order valence-electron chi connectivity index (χ2n) is 3.71. The molecule has 0 radical (unpaired) electrons. The monoisotopic (exact) mass is 257 g/mol. The quantitative estimate of drug-likeness (QED) is 0.792. The van der Waals surface area contributed by atoms with Crippen molar-refractivity contribution in [2.45, 2.75) is 13.3 Å². The van der Waals surface area contributed by atoms with E-state index in [4.69, 9.17) is 10.00 Å². The molecule has 0 atom stereocenters. The summed E-state index contributed by atoms with van der Waals surface area (Å²) in [5.41, 5.74) is 2.19. The van der Waals surface area contributed by atoms with Gasteiger partial charge in [0.25, 0.3) is 0 Å². The smallest absolute Gasteiger partial charge is 0.344 e. The lowest BCUT2D eigenvalue weighted by Crippen LogP contribution is -2.07. The largest absolute Gasteiger partial charge is 0.412 e. The van der Waals surface area contributed by atoms with Crippen LogP contribution in [0.15, 0.2) is 35.7 Å². The Labute approximate surface area is 109 Å². The summed E-state index contributed by atoms with van der Waals surface area (Å²) in [6, 6.07) is 10.9. The van der Waals surface area contributed by atoms with Crippen LogP contribution >= 0.6 is 11.3 Å². The number of nitriles is 1. The van der Waals surface area contributed by atoms with Gasteiger partial charge < -0.3 is 4.74 Å². The van der Waals surface area contributed by atoms with E-state index in [0.29, 0.717) is 16.2 Å². The summed E-state index contributed by atoms with van der Waals surface area (Å²) in [7, 11) is 0. The molecule has 0 amide bonds. The highest BCUT2D eigenvalue weighted by Crippen LogP contribution is 2.23. The molecule has 0 bridgehead atoms. The minimum Gasteiger partial charge on any atom is -0.412 e. The van der Waals surface area contributed by atoms with Crippen LogP contribution in [0.25, 0.3) is 0 Å². The molecule has 0 aliphatic rings. The number of carbonyl (C=O) groups is 1. The van der Waals surface area contributed by atoms with E-state index in [1.165, 1.54) is 16.9 Å². The van der Waals surface area contributed by atoms with Crippen LogP contribution in [0.2, 0.25) is 0 Å². The highest BCUT2D eigenvalue weighted by Gasteiger charge is 2.10. The summed E-state index contributed by atoms with van der Waals surface area (Å²) in [5, 5.41) is 10.8. The van der Waals surface area contributed by atoms with Gasteiger partial charge in [-0.2, -0.15) is 5.26 Å². The van der Waals surface area contributed by atoms with Crippen molar-refractivity contribution in [3.63, 3.8) is 0 Å². The third-order valence-corrected chi connectivity index (χ3v) is 3.30. The van der Waals surface area contributed by atoms with Gasteiger partial charge in [-0.15, -0.1) is 11.3 Å². The van der Waals surface area contributed by atoms with Crippen LogP contribution in [0, 0.1) is 11.3 Å². The fourth-order valence-corrected chi connectivity index (χ4v) is 2.14. The zero-order chi connectivity index (χ0) is 13.0. The normalized spacial score (nSPS) is 9.78. The fourth-order valence-electron chi connectivity index (χ4n) is 1.46. The average molecular weight is 257 g/mol. The minimum atomic E-state index is -0.399. The van der Waals surface area contributed by atoms with Gasteiger partial charge in [0.15, 0.2) is 5.06 Å². The molecule has 0 N–H and O–H groups in total. The molecule has 2 aromatic rings. The van der Waals surface area contributed by atoms with Crippen molar-refractivity contribution in [2.24, 2.45) is 0 Å². The van der Waals surface area contributed by atoms with Crippen LogP contribution in [0.1, 0.15) is 28.4 Å². The molecule has 1 heterocycles. The molecule has 18 heavy (non-hydrogen) atoms. The van der Waals surface area contributed by atoms with Gasteiger partial charge in [0.1, 0.15) is 6.07 Å². The molecule has 0 saturated heterocycles. The van der Waals surface area contributed by atoms with E-state index in [0.717, 1.165) is 6.42 Å². The summed E-state index contributed by atoms with van der Waals surface area (Å²) in [4.78, 5) is 11.8. The summed E-state index contributed by atoms with van der Waals surface area (Å²) in [6.45, 7) is 2.06. The Morgan fingerprint density at radius 2 is 2.11 bits per heavy atom. The molecule has 2 rings (SSSR count). The molecule has 0 unspecified atom stereocenters. The molecule has 0 aliphatic heterocycles. The number of hydrogen-bond acceptors (Lipinski definition) is 4. The van der Waals surface area contributed by atoms with Gasteiger partial charge in [-0.3, -0.25) is 0 Å². The second-order valence-corrected chi connectivity index (χ2v) is 4.58. The number of nitrogens with zero attached hydrogens (tertiary/aromatic N) is 1. The first kappa shape index (κ1) is 12.3. The lowest BCUT2D eigenvalue weighted by molar-refractivity contribution is 0.0740. The Balaban J connectivity index is 2.09. The number of hydrogen-bond donors (Lipinski definition) is 0. The van der Waals surface area contributed by atoms with E-state index in [-0.39, 0.29) is 0 Å². The van der Waals surface area contributed by atoms with Crippen molar-refractivity contribution in [3.8, 4) is 11.1 Å². The third-order valence-electron chi connectivity index (χ3n) is 2.50. The van der Waals surface area contributed by atoms with Crippen LogP contribution in [0.4, 0.5) is 0 Å². The number of benzene rings is 1. The van der Waals surface area contributed by atoms with Gasteiger partial charge in [0.05, 0.1) is 11.1 Å². The van der Waals surface area contributed by atoms with Gasteiger partial charge in [-0.25, -0.2) is 4.79 Å². The number of carbonyl (C=O) groups excluding carboxylic acids is 1. The first-order chi connectivity index (χ1) is 8.72. The Kier molecular flexibility index (Phi) is 3.75. The maximum Gasteiger partial charge on any atom is 0.344 e. The number of ether oxygens (including phenoxy) is 1. The van der Waals surface area contributed by atoms with E-state index < -0.39 is 5.97 Å². The van der Waals surface area contributed by atoms with E-state index >= 15 is 0 Å². The lowest BCUT2D eigenvalue weighted by atomic mass is 10.1. The zero-order valence-electron chi connectivity index (χ0n) is 9.84. The summed E-state index contributed by atoms with van der Waals surface area (Å²) < 4.78 is 5.18. The molecule has 3 nitrogen and oxygen atoms in total. The predicted molar refractivity (Wildman–Crippen MR) is 69.8 cm³/mol. The SMILES string of the molecule is CCc1ccc(C(=O)Oc2cc(C#N)cs2)cc1. The van der Waals surface area contributed by atoms with Crippen LogP contribution in [-0.4, -0.2) is 5.97 Å². The third kappa shape index (κ3) is 2.76. The van der Waals surface area contributed by atoms with Crippen molar-refractivity contribution in [1.29, 1.82) is 5.26 Å². The Morgan fingerprint density at radius 1 is 1.39 bits per heavy atom. The van der Waals surface area contributed by atoms with E-state index in [1.54, 1.807) is 23.6 Å². The molecule has 1 aromatic carbocycles. The first-order valence-corrected chi connectivity index (χ1v) is 6.40. The van der Waals surface area contributed by atoms with Crippen molar-refractivity contribution in [2.75, 3.05) is 0 Å². The summed E-state index contributed by atoms with van der Waals surface area (Å²) in [5.74, 6) is -0.399. The molecule has 0 fully saturated rings. The minimum absolute atomic E-state index is 0.399. The molecule has 90 valence electrons. The van der Waals surface area contributed by atoms with E-state index in [2.05, 4.69) is 6.92 Å². The van der Waals surface area contributed by atoms with Crippen LogP contribution in [0.5, 0.6) is 5.06 Å². The van der Waals surface area contributed by atoms with Gasteiger partial charge in [0, 0.05) is 11.4 Å². The zero-order valence-corrected chi connectivity index (χ0v) is 10.7. The maximum absolute atomic E-state index is 11.8. The van der Waals surface area contributed by atoms with Gasteiger partial charge in [-0.1, -0.05) is 19.1 Å². The second kappa shape index (κ2) is 5.48. The molecule has 1 aromatic heterocycles. The van der Waals surface area contributed by atoms with Crippen LogP contribution in [0.3, 0.4) is 0 Å². The Hall–Kier alpha value is -2.12. The maximum atomic E-state index is 11.8. The topological polar surface area (TPSA) is 50.1 Å². The number of rotatable bonds is 3. The first-order valence-electron chi connectivity index (χ1n) is 5.52. The lowest BCUT2D eigenvalue weighted by Gasteiger charge is -2.02. The fraction of sp³-hybridized carbons (Fsp3) is 0.143. The summed E-state index contributed by atoms with van der Waals surface area (Å²) >= 11 is 1.24. The van der Waals surface area contributed by atoms with E-state index in [9.17, 15) is 4.79 Å². The van der Waals surface area contributed by atoms with Crippen molar-refractivity contribution in [1.82, 2.24) is 0 Å². The van der Waals surface area contributed by atoms with Gasteiger partial charge in [-0.05, 0) is 24.1 Å². The number of thiophene rings is 1. The molecule has 4 heteroatoms. The highest BCUT2D eigenvalue weighted by atomic mass is 32.1. The Bertz CT molecular complexity index is 593. The number of aryl methyl sites for hydroxylation is 1. The van der Waals surface area contributed by atoms with Crippen molar-refractivity contribution in [3.05, 3.63) is 52.4 Å². The molecule has 0 spiro atoms. The van der Waals surface area contributed by atoms with E-state index in [1.807, 2.05) is 18.2 Å². The number of esters is 1.